The van der Waals surface area contributed by atoms with Crippen molar-refractivity contribution in [2.75, 3.05) is 13.7 Å². The molecule has 1 aromatic rings. The minimum absolute atomic E-state index is 0.418. The number of hydrogen-bond donors (Lipinski definition) is 1. The van der Waals surface area contributed by atoms with E-state index in [0.29, 0.717) is 12.0 Å². The minimum atomic E-state index is 0.418. The van der Waals surface area contributed by atoms with Crippen molar-refractivity contribution in [3.8, 4) is 0 Å². The first-order valence-electron chi connectivity index (χ1n) is 6.33. The molecule has 0 aromatic heterocycles. The summed E-state index contributed by atoms with van der Waals surface area (Å²) in [5.41, 5.74) is 4.05. The van der Waals surface area contributed by atoms with Crippen LogP contribution in [0.15, 0.2) is 18.2 Å². The van der Waals surface area contributed by atoms with Gasteiger partial charge in [0.25, 0.3) is 0 Å². The van der Waals surface area contributed by atoms with Crippen LogP contribution in [0.3, 0.4) is 0 Å². The van der Waals surface area contributed by atoms with Crippen molar-refractivity contribution in [3.63, 3.8) is 0 Å². The molecule has 1 unspecified atom stereocenters. The van der Waals surface area contributed by atoms with Crippen LogP contribution in [0.5, 0.6) is 0 Å². The van der Waals surface area contributed by atoms with Gasteiger partial charge < -0.3 is 10.1 Å². The zero-order chi connectivity index (χ0) is 12.8. The van der Waals surface area contributed by atoms with E-state index in [1.807, 2.05) is 0 Å². The quantitative estimate of drug-likeness (QED) is 0.818. The van der Waals surface area contributed by atoms with E-state index in [-0.39, 0.29) is 0 Å². The summed E-state index contributed by atoms with van der Waals surface area (Å²) in [5.74, 6) is 0.585. The third-order valence-corrected chi connectivity index (χ3v) is 3.29. The number of methoxy groups -OCH3 is 1. The van der Waals surface area contributed by atoms with E-state index in [2.05, 4.69) is 51.2 Å². The van der Waals surface area contributed by atoms with Crippen molar-refractivity contribution < 1.29 is 4.74 Å². The second kappa shape index (κ2) is 6.77. The van der Waals surface area contributed by atoms with Gasteiger partial charge >= 0.3 is 0 Å². The van der Waals surface area contributed by atoms with Crippen LogP contribution in [0.2, 0.25) is 0 Å². The van der Waals surface area contributed by atoms with E-state index < -0.39 is 0 Å². The fourth-order valence-electron chi connectivity index (χ4n) is 1.83. The van der Waals surface area contributed by atoms with Gasteiger partial charge in [0.2, 0.25) is 0 Å². The fraction of sp³-hybridized carbons (Fsp3) is 0.600. The van der Waals surface area contributed by atoms with Crippen LogP contribution in [0, 0.1) is 19.8 Å². The average molecular weight is 235 g/mol. The molecule has 0 saturated carbocycles. The van der Waals surface area contributed by atoms with Crippen LogP contribution in [0.4, 0.5) is 0 Å². The maximum absolute atomic E-state index is 5.23. The summed E-state index contributed by atoms with van der Waals surface area (Å²) in [6.45, 7) is 10.4. The lowest BCUT2D eigenvalue weighted by molar-refractivity contribution is 0.146. The first kappa shape index (κ1) is 14.2. The molecule has 17 heavy (non-hydrogen) atoms. The predicted molar refractivity (Wildman–Crippen MR) is 73.3 cm³/mol. The first-order valence-corrected chi connectivity index (χ1v) is 6.33. The number of rotatable bonds is 6. The topological polar surface area (TPSA) is 21.3 Å². The number of benzene rings is 1. The summed E-state index contributed by atoms with van der Waals surface area (Å²) >= 11 is 0. The highest BCUT2D eigenvalue weighted by Gasteiger charge is 2.12. The standard InChI is InChI=1S/C15H25NO/c1-11(2)15(10-17-5)16-9-14-7-6-12(3)13(4)8-14/h6-8,11,15-16H,9-10H2,1-5H3. The van der Waals surface area contributed by atoms with E-state index >= 15 is 0 Å². The predicted octanol–water partition coefficient (Wildman–Crippen LogP) is 3.06. The van der Waals surface area contributed by atoms with Crippen molar-refractivity contribution >= 4 is 0 Å². The van der Waals surface area contributed by atoms with Crippen LogP contribution in [0.1, 0.15) is 30.5 Å². The second-order valence-corrected chi connectivity index (χ2v) is 5.11. The highest BCUT2D eigenvalue weighted by Crippen LogP contribution is 2.10. The lowest BCUT2D eigenvalue weighted by Crippen LogP contribution is -2.37. The Morgan fingerprint density at radius 3 is 2.41 bits per heavy atom. The molecule has 2 nitrogen and oxygen atoms in total. The van der Waals surface area contributed by atoms with Crippen molar-refractivity contribution in [2.24, 2.45) is 5.92 Å². The molecule has 1 aromatic carbocycles. The maximum atomic E-state index is 5.23. The summed E-state index contributed by atoms with van der Waals surface area (Å²) < 4.78 is 5.23. The Hall–Kier alpha value is -0.860. The third-order valence-electron chi connectivity index (χ3n) is 3.29. The molecule has 0 amide bonds. The van der Waals surface area contributed by atoms with Crippen molar-refractivity contribution in [3.05, 3.63) is 34.9 Å². The van der Waals surface area contributed by atoms with Gasteiger partial charge in [0.05, 0.1) is 6.61 Å². The molecule has 0 bridgehead atoms. The van der Waals surface area contributed by atoms with Gasteiger partial charge in [-0.05, 0) is 36.5 Å². The van der Waals surface area contributed by atoms with Gasteiger partial charge in [0, 0.05) is 19.7 Å². The van der Waals surface area contributed by atoms with Crippen LogP contribution >= 0.6 is 0 Å². The highest BCUT2D eigenvalue weighted by atomic mass is 16.5. The summed E-state index contributed by atoms with van der Waals surface area (Å²) in [6, 6.07) is 7.06. The molecule has 2 heteroatoms. The maximum Gasteiger partial charge on any atom is 0.0618 e. The lowest BCUT2D eigenvalue weighted by Gasteiger charge is -2.21. The zero-order valence-electron chi connectivity index (χ0n) is 11.7. The molecular weight excluding hydrogens is 210 g/mol. The van der Waals surface area contributed by atoms with Gasteiger partial charge in [-0.2, -0.15) is 0 Å². The van der Waals surface area contributed by atoms with E-state index in [9.17, 15) is 0 Å². The van der Waals surface area contributed by atoms with Gasteiger partial charge in [-0.1, -0.05) is 32.0 Å². The molecule has 96 valence electrons. The largest absolute Gasteiger partial charge is 0.383 e. The van der Waals surface area contributed by atoms with Gasteiger partial charge in [0.1, 0.15) is 0 Å². The third kappa shape index (κ3) is 4.49. The van der Waals surface area contributed by atoms with Crippen LogP contribution in [0.25, 0.3) is 0 Å². The van der Waals surface area contributed by atoms with Crippen LogP contribution in [-0.2, 0) is 11.3 Å². The van der Waals surface area contributed by atoms with Gasteiger partial charge in [-0.15, -0.1) is 0 Å². The Balaban J connectivity index is 2.56. The van der Waals surface area contributed by atoms with E-state index in [4.69, 9.17) is 4.74 Å². The summed E-state index contributed by atoms with van der Waals surface area (Å²) in [7, 11) is 1.76. The molecule has 0 aliphatic heterocycles. The zero-order valence-corrected chi connectivity index (χ0v) is 11.7. The molecule has 0 spiro atoms. The van der Waals surface area contributed by atoms with Gasteiger partial charge in [-0.3, -0.25) is 0 Å². The summed E-state index contributed by atoms with van der Waals surface area (Å²) in [4.78, 5) is 0. The minimum Gasteiger partial charge on any atom is -0.383 e. The Kier molecular flexibility index (Phi) is 5.66. The fourth-order valence-corrected chi connectivity index (χ4v) is 1.83. The molecule has 1 rings (SSSR count). The lowest BCUT2D eigenvalue weighted by atomic mass is 10.0. The molecule has 0 fully saturated rings. The smallest absolute Gasteiger partial charge is 0.0618 e. The van der Waals surface area contributed by atoms with E-state index in [0.717, 1.165) is 13.2 Å². The number of aryl methyl sites for hydroxylation is 2. The summed E-state index contributed by atoms with van der Waals surface area (Å²) in [6.07, 6.45) is 0. The van der Waals surface area contributed by atoms with Crippen LogP contribution < -0.4 is 5.32 Å². The Bertz CT molecular complexity index is 347. The molecule has 0 radical (unpaired) electrons. The molecule has 1 N–H and O–H groups in total. The Morgan fingerprint density at radius 2 is 1.88 bits per heavy atom. The first-order chi connectivity index (χ1) is 8.04. The van der Waals surface area contributed by atoms with Crippen molar-refractivity contribution in [1.82, 2.24) is 5.32 Å². The normalized spacial score (nSPS) is 13.1. The molecule has 1 atom stereocenters. The monoisotopic (exact) mass is 235 g/mol. The number of ether oxygens (including phenoxy) is 1. The summed E-state index contributed by atoms with van der Waals surface area (Å²) in [5, 5.41) is 3.56. The Labute approximate surface area is 105 Å². The van der Waals surface area contributed by atoms with Gasteiger partial charge in [-0.25, -0.2) is 0 Å². The highest BCUT2D eigenvalue weighted by molar-refractivity contribution is 5.29. The molecule has 0 saturated heterocycles. The molecule has 0 aliphatic rings. The molecule has 0 heterocycles. The Morgan fingerprint density at radius 1 is 1.18 bits per heavy atom. The molecular formula is C15H25NO. The number of hydrogen-bond acceptors (Lipinski definition) is 2. The van der Waals surface area contributed by atoms with Crippen molar-refractivity contribution in [1.29, 1.82) is 0 Å². The second-order valence-electron chi connectivity index (χ2n) is 5.11. The van der Waals surface area contributed by atoms with E-state index in [1.165, 1.54) is 16.7 Å². The average Bonchev–Trinajstić information content (AvgIpc) is 2.28. The molecule has 0 aliphatic carbocycles. The van der Waals surface area contributed by atoms with Crippen LogP contribution in [-0.4, -0.2) is 19.8 Å². The van der Waals surface area contributed by atoms with Crippen molar-refractivity contribution in [2.45, 2.75) is 40.3 Å². The SMILES string of the molecule is COCC(NCc1ccc(C)c(C)c1)C(C)C. The van der Waals surface area contributed by atoms with E-state index in [1.54, 1.807) is 7.11 Å². The number of nitrogens with one attached hydrogen (secondary N) is 1. The van der Waals surface area contributed by atoms with Gasteiger partial charge in [0.15, 0.2) is 0 Å².